The summed E-state index contributed by atoms with van der Waals surface area (Å²) in [4.78, 5) is 21.2. The SMILES string of the molecule is CCC(CC)(OC(CC)(CC)c1ccc([N+](=O)[O-])cc1)c1ccc([N+](=O)[O-])cc1. The molecule has 0 spiro atoms. The first-order valence-corrected chi connectivity index (χ1v) is 9.97. The van der Waals surface area contributed by atoms with E-state index in [2.05, 4.69) is 0 Å². The van der Waals surface area contributed by atoms with Gasteiger partial charge in [0.25, 0.3) is 11.4 Å². The van der Waals surface area contributed by atoms with E-state index in [1.165, 1.54) is 24.3 Å². The Bertz CT molecular complexity index is 767. The lowest BCUT2D eigenvalue weighted by Crippen LogP contribution is -2.40. The van der Waals surface area contributed by atoms with Crippen LogP contribution in [-0.4, -0.2) is 9.85 Å². The first-order chi connectivity index (χ1) is 13.8. The topological polar surface area (TPSA) is 95.5 Å². The highest BCUT2D eigenvalue weighted by molar-refractivity contribution is 5.37. The molecule has 0 aliphatic heterocycles. The molecule has 0 aromatic heterocycles. The van der Waals surface area contributed by atoms with Gasteiger partial charge in [-0.2, -0.15) is 0 Å². The standard InChI is InChI=1S/C22H28N2O5/c1-5-21(6-2,17-9-13-19(14-10-17)23(25)26)29-22(7-3,8-4)18-11-15-20(16-12-18)24(27)28/h9-16H,5-8H2,1-4H3. The predicted octanol–water partition coefficient (Wildman–Crippen LogP) is 6.25. The monoisotopic (exact) mass is 400 g/mol. The van der Waals surface area contributed by atoms with E-state index in [9.17, 15) is 20.2 Å². The van der Waals surface area contributed by atoms with Gasteiger partial charge in [-0.25, -0.2) is 0 Å². The van der Waals surface area contributed by atoms with E-state index in [-0.39, 0.29) is 11.4 Å². The average Bonchev–Trinajstić information content (AvgIpc) is 2.76. The van der Waals surface area contributed by atoms with Crippen molar-refractivity contribution in [1.29, 1.82) is 0 Å². The molecule has 7 nitrogen and oxygen atoms in total. The predicted molar refractivity (Wildman–Crippen MR) is 112 cm³/mol. The number of nitrogens with zero attached hydrogens (tertiary/aromatic N) is 2. The van der Waals surface area contributed by atoms with Crippen LogP contribution in [0.3, 0.4) is 0 Å². The maximum absolute atomic E-state index is 11.0. The van der Waals surface area contributed by atoms with Crippen LogP contribution in [0.5, 0.6) is 0 Å². The molecule has 0 heterocycles. The minimum Gasteiger partial charge on any atom is -0.359 e. The molecular weight excluding hydrogens is 372 g/mol. The molecule has 0 N–H and O–H groups in total. The Morgan fingerprint density at radius 3 is 1.14 bits per heavy atom. The summed E-state index contributed by atoms with van der Waals surface area (Å²) in [5, 5.41) is 22.0. The molecule has 0 atom stereocenters. The van der Waals surface area contributed by atoms with Gasteiger partial charge in [0.15, 0.2) is 0 Å². The fourth-order valence-electron chi connectivity index (χ4n) is 3.87. The van der Waals surface area contributed by atoms with Crippen molar-refractivity contribution in [2.75, 3.05) is 0 Å². The Morgan fingerprint density at radius 2 is 0.931 bits per heavy atom. The minimum atomic E-state index is -0.622. The van der Waals surface area contributed by atoms with Crippen molar-refractivity contribution in [2.24, 2.45) is 0 Å². The van der Waals surface area contributed by atoms with Crippen LogP contribution in [0.1, 0.15) is 64.5 Å². The molecule has 0 saturated carbocycles. The molecule has 0 saturated heterocycles. The summed E-state index contributed by atoms with van der Waals surface area (Å²) < 4.78 is 6.86. The molecule has 2 rings (SSSR count). The van der Waals surface area contributed by atoms with Gasteiger partial charge < -0.3 is 4.74 Å². The molecule has 7 heteroatoms. The van der Waals surface area contributed by atoms with Crippen LogP contribution < -0.4 is 0 Å². The molecule has 156 valence electrons. The quantitative estimate of drug-likeness (QED) is 0.347. The van der Waals surface area contributed by atoms with Crippen molar-refractivity contribution < 1.29 is 14.6 Å². The van der Waals surface area contributed by atoms with Gasteiger partial charge in [-0.1, -0.05) is 27.7 Å². The van der Waals surface area contributed by atoms with E-state index >= 15 is 0 Å². The van der Waals surface area contributed by atoms with Gasteiger partial charge in [0.1, 0.15) is 0 Å². The molecule has 0 fully saturated rings. The van der Waals surface area contributed by atoms with Crippen molar-refractivity contribution in [3.05, 3.63) is 79.9 Å². The number of benzene rings is 2. The number of hydrogen-bond acceptors (Lipinski definition) is 5. The zero-order valence-electron chi connectivity index (χ0n) is 17.4. The Balaban J connectivity index is 2.50. The number of non-ortho nitro benzene ring substituents is 2. The molecule has 0 radical (unpaired) electrons. The first kappa shape index (κ1) is 22.5. The lowest BCUT2D eigenvalue weighted by molar-refractivity contribution is -0.385. The van der Waals surface area contributed by atoms with Crippen LogP contribution in [-0.2, 0) is 15.9 Å². The zero-order valence-corrected chi connectivity index (χ0v) is 17.4. The van der Waals surface area contributed by atoms with Crippen molar-refractivity contribution in [2.45, 2.75) is 64.6 Å². The van der Waals surface area contributed by atoms with Crippen molar-refractivity contribution in [3.8, 4) is 0 Å². The Hall–Kier alpha value is -2.80. The van der Waals surface area contributed by atoms with Crippen LogP contribution in [0.25, 0.3) is 0 Å². The highest BCUT2D eigenvalue weighted by Crippen LogP contribution is 2.44. The summed E-state index contributed by atoms with van der Waals surface area (Å²) in [5.41, 5.74) is 0.624. The van der Waals surface area contributed by atoms with Crippen LogP contribution in [0, 0.1) is 20.2 Å². The van der Waals surface area contributed by atoms with Crippen molar-refractivity contribution >= 4 is 11.4 Å². The second kappa shape index (κ2) is 9.13. The molecule has 0 aliphatic rings. The van der Waals surface area contributed by atoms with Gasteiger partial charge in [-0.3, -0.25) is 20.2 Å². The maximum atomic E-state index is 11.0. The number of hydrogen-bond donors (Lipinski definition) is 0. The number of rotatable bonds is 10. The van der Waals surface area contributed by atoms with E-state index < -0.39 is 21.0 Å². The van der Waals surface area contributed by atoms with Crippen molar-refractivity contribution in [3.63, 3.8) is 0 Å². The van der Waals surface area contributed by atoms with E-state index in [0.717, 1.165) is 11.1 Å². The minimum absolute atomic E-state index is 0.0440. The van der Waals surface area contributed by atoms with Crippen LogP contribution in [0.15, 0.2) is 48.5 Å². The largest absolute Gasteiger partial charge is 0.359 e. The molecule has 0 amide bonds. The van der Waals surface area contributed by atoms with E-state index in [4.69, 9.17) is 4.74 Å². The van der Waals surface area contributed by atoms with Gasteiger partial charge in [0.05, 0.1) is 21.0 Å². The lowest BCUT2D eigenvalue weighted by atomic mass is 9.83. The molecular formula is C22H28N2O5. The molecule has 0 aliphatic carbocycles. The van der Waals surface area contributed by atoms with Crippen molar-refractivity contribution in [1.82, 2.24) is 0 Å². The van der Waals surface area contributed by atoms with Gasteiger partial charge in [0.2, 0.25) is 0 Å². The maximum Gasteiger partial charge on any atom is 0.269 e. The van der Waals surface area contributed by atoms with Gasteiger partial charge in [-0.15, -0.1) is 0 Å². The fourth-order valence-corrected chi connectivity index (χ4v) is 3.87. The first-order valence-electron chi connectivity index (χ1n) is 9.97. The van der Waals surface area contributed by atoms with Gasteiger partial charge >= 0.3 is 0 Å². The highest BCUT2D eigenvalue weighted by Gasteiger charge is 2.40. The smallest absolute Gasteiger partial charge is 0.269 e. The molecule has 2 aromatic carbocycles. The Kier molecular flexibility index (Phi) is 7.08. The Morgan fingerprint density at radius 1 is 0.655 bits per heavy atom. The van der Waals surface area contributed by atoms with Crippen LogP contribution in [0.2, 0.25) is 0 Å². The summed E-state index contributed by atoms with van der Waals surface area (Å²) >= 11 is 0. The van der Waals surface area contributed by atoms with E-state index in [1.807, 2.05) is 27.7 Å². The number of ether oxygens (including phenoxy) is 1. The summed E-state index contributed by atoms with van der Waals surface area (Å²) in [7, 11) is 0. The van der Waals surface area contributed by atoms with E-state index in [1.54, 1.807) is 24.3 Å². The summed E-state index contributed by atoms with van der Waals surface area (Å²) in [6.07, 6.45) is 2.76. The Labute approximate surface area is 171 Å². The zero-order chi connectivity index (χ0) is 21.7. The number of nitro benzene ring substituents is 2. The molecule has 29 heavy (non-hydrogen) atoms. The van der Waals surface area contributed by atoms with E-state index in [0.29, 0.717) is 25.7 Å². The van der Waals surface area contributed by atoms with Crippen LogP contribution in [0.4, 0.5) is 11.4 Å². The molecule has 0 bridgehead atoms. The fraction of sp³-hybridized carbons (Fsp3) is 0.455. The second-order valence-electron chi connectivity index (χ2n) is 7.11. The third-order valence-corrected chi connectivity index (χ3v) is 5.88. The second-order valence-corrected chi connectivity index (χ2v) is 7.11. The van der Waals surface area contributed by atoms with Gasteiger partial charge in [0, 0.05) is 24.3 Å². The average molecular weight is 400 g/mol. The highest BCUT2D eigenvalue weighted by atomic mass is 16.6. The molecule has 0 unspecified atom stereocenters. The molecule has 2 aromatic rings. The third-order valence-electron chi connectivity index (χ3n) is 5.88. The normalized spacial score (nSPS) is 12.0. The summed E-state index contributed by atoms with van der Waals surface area (Å²) in [5.74, 6) is 0. The summed E-state index contributed by atoms with van der Waals surface area (Å²) in [6, 6.07) is 13.1. The van der Waals surface area contributed by atoms with Gasteiger partial charge in [-0.05, 0) is 61.1 Å². The summed E-state index contributed by atoms with van der Waals surface area (Å²) in [6.45, 7) is 8.15. The third kappa shape index (κ3) is 4.45. The lowest BCUT2D eigenvalue weighted by Gasteiger charge is -2.44. The van der Waals surface area contributed by atoms with Crippen LogP contribution >= 0.6 is 0 Å². The number of nitro groups is 2.